The molecule has 2 heterocycles. The van der Waals surface area contributed by atoms with Gasteiger partial charge in [-0.2, -0.15) is 0 Å². The van der Waals surface area contributed by atoms with Crippen molar-refractivity contribution < 1.29 is 13.2 Å². The van der Waals surface area contributed by atoms with E-state index in [1.165, 1.54) is 15.6 Å². The summed E-state index contributed by atoms with van der Waals surface area (Å²) in [6.45, 7) is 2.73. The van der Waals surface area contributed by atoms with Crippen molar-refractivity contribution in [1.29, 1.82) is 0 Å². The molecule has 6 heteroatoms. The van der Waals surface area contributed by atoms with E-state index in [2.05, 4.69) is 0 Å². The molecule has 0 N–H and O–H groups in total. The van der Waals surface area contributed by atoms with Crippen LogP contribution in [0.5, 0.6) is 0 Å². The number of hydrogen-bond acceptors (Lipinski definition) is 4. The molecule has 1 fully saturated rings. The number of aryl methyl sites for hydroxylation is 1. The van der Waals surface area contributed by atoms with Gasteiger partial charge in [-0.1, -0.05) is 30.3 Å². The molecule has 0 amide bonds. The van der Waals surface area contributed by atoms with Crippen molar-refractivity contribution in [3.63, 3.8) is 0 Å². The number of piperidine rings is 1. The molecule has 1 aliphatic heterocycles. The third kappa shape index (κ3) is 3.77. The Hall–Kier alpha value is -1.50. The van der Waals surface area contributed by atoms with Crippen molar-refractivity contribution in [2.45, 2.75) is 25.5 Å². The Kier molecular flexibility index (Phi) is 5.18. The monoisotopic (exact) mass is 363 g/mol. The van der Waals surface area contributed by atoms with Crippen LogP contribution in [-0.4, -0.2) is 31.6 Å². The van der Waals surface area contributed by atoms with Gasteiger partial charge in [0.2, 0.25) is 10.0 Å². The summed E-state index contributed by atoms with van der Waals surface area (Å²) in [6.07, 6.45) is 1.49. The van der Waals surface area contributed by atoms with Crippen molar-refractivity contribution in [2.24, 2.45) is 5.92 Å². The van der Waals surface area contributed by atoms with Gasteiger partial charge in [-0.25, -0.2) is 12.7 Å². The lowest BCUT2D eigenvalue weighted by Gasteiger charge is -2.31. The largest absolute Gasteiger partial charge is 0.293 e. The van der Waals surface area contributed by atoms with E-state index in [9.17, 15) is 13.2 Å². The second-order valence-corrected chi connectivity index (χ2v) is 9.12. The van der Waals surface area contributed by atoms with E-state index in [1.54, 1.807) is 0 Å². The van der Waals surface area contributed by atoms with Crippen molar-refractivity contribution in [3.05, 3.63) is 57.8 Å². The summed E-state index contributed by atoms with van der Waals surface area (Å²) in [4.78, 5) is 13.5. The van der Waals surface area contributed by atoms with Gasteiger partial charge in [-0.3, -0.25) is 4.79 Å². The average molecular weight is 364 g/mol. The molecule has 1 atom stereocenters. The number of nitrogens with zero attached hydrogens (tertiary/aromatic N) is 1. The molecule has 0 bridgehead atoms. The molecule has 128 valence electrons. The lowest BCUT2D eigenvalue weighted by molar-refractivity contribution is 0.0876. The van der Waals surface area contributed by atoms with Crippen LogP contribution >= 0.6 is 11.3 Å². The summed E-state index contributed by atoms with van der Waals surface area (Å²) in [6, 6.07) is 11.1. The molecule has 1 saturated heterocycles. The predicted molar refractivity (Wildman–Crippen MR) is 96.7 cm³/mol. The first kappa shape index (κ1) is 17.3. The third-order valence-corrected chi connectivity index (χ3v) is 7.27. The third-order valence-electron chi connectivity index (χ3n) is 4.43. The first-order valence-corrected chi connectivity index (χ1v) is 10.6. The standard InChI is InChI=1S/C18H21NO3S2/c1-14-9-11-23-18(14)17(20)16-8-5-10-19(12-16)24(21,22)13-15-6-3-2-4-7-15/h2-4,6-7,9,11,16H,5,8,10,12-13H2,1H3. The molecule has 24 heavy (non-hydrogen) atoms. The van der Waals surface area contributed by atoms with Crippen LogP contribution in [0.15, 0.2) is 41.8 Å². The number of carbonyl (C=O) groups excluding carboxylic acids is 1. The second-order valence-electron chi connectivity index (χ2n) is 6.24. The molecule has 0 saturated carbocycles. The minimum absolute atomic E-state index is 0.00716. The topological polar surface area (TPSA) is 54.5 Å². The van der Waals surface area contributed by atoms with Gasteiger partial charge < -0.3 is 0 Å². The normalized spacial score (nSPS) is 19.3. The minimum atomic E-state index is -3.40. The lowest BCUT2D eigenvalue weighted by Crippen LogP contribution is -2.42. The van der Waals surface area contributed by atoms with Crippen molar-refractivity contribution >= 4 is 27.1 Å². The summed E-state index contributed by atoms with van der Waals surface area (Å²) in [5.41, 5.74) is 1.76. The summed E-state index contributed by atoms with van der Waals surface area (Å²) in [7, 11) is -3.40. The number of ketones is 1. The summed E-state index contributed by atoms with van der Waals surface area (Å²) in [5, 5.41) is 1.91. The Bertz CT molecular complexity index is 812. The van der Waals surface area contributed by atoms with Crippen molar-refractivity contribution in [2.75, 3.05) is 13.1 Å². The van der Waals surface area contributed by atoms with Crippen LogP contribution in [0.3, 0.4) is 0 Å². The van der Waals surface area contributed by atoms with Gasteiger partial charge in [0.25, 0.3) is 0 Å². The lowest BCUT2D eigenvalue weighted by atomic mass is 9.93. The van der Waals surface area contributed by atoms with Gasteiger partial charge >= 0.3 is 0 Å². The van der Waals surface area contributed by atoms with E-state index >= 15 is 0 Å². The average Bonchev–Trinajstić information content (AvgIpc) is 3.01. The van der Waals surface area contributed by atoms with Gasteiger partial charge in [-0.15, -0.1) is 11.3 Å². The van der Waals surface area contributed by atoms with Crippen LogP contribution in [0.4, 0.5) is 0 Å². The fourth-order valence-corrected chi connectivity index (χ4v) is 5.65. The number of hydrogen-bond donors (Lipinski definition) is 0. The number of sulfonamides is 1. The van der Waals surface area contributed by atoms with E-state index in [-0.39, 0.29) is 17.5 Å². The molecule has 2 aromatic rings. The van der Waals surface area contributed by atoms with Crippen LogP contribution < -0.4 is 0 Å². The van der Waals surface area contributed by atoms with Crippen LogP contribution in [0.25, 0.3) is 0 Å². The fraction of sp³-hybridized carbons (Fsp3) is 0.389. The zero-order valence-corrected chi connectivity index (χ0v) is 15.3. The van der Waals surface area contributed by atoms with E-state index in [4.69, 9.17) is 0 Å². The minimum Gasteiger partial charge on any atom is -0.293 e. The number of carbonyl (C=O) groups is 1. The maximum absolute atomic E-state index is 12.7. The second kappa shape index (κ2) is 7.17. The first-order chi connectivity index (χ1) is 11.5. The van der Waals surface area contributed by atoms with E-state index in [1.807, 2.05) is 48.7 Å². The van der Waals surface area contributed by atoms with Crippen LogP contribution in [0.1, 0.15) is 33.6 Å². The van der Waals surface area contributed by atoms with Crippen molar-refractivity contribution in [3.8, 4) is 0 Å². The molecule has 1 aromatic carbocycles. The Labute approximate surface area is 147 Å². The molecular weight excluding hydrogens is 342 g/mol. The fourth-order valence-electron chi connectivity index (χ4n) is 3.10. The Balaban J connectivity index is 1.73. The van der Waals surface area contributed by atoms with Crippen LogP contribution in [0.2, 0.25) is 0 Å². The zero-order chi connectivity index (χ0) is 17.2. The maximum atomic E-state index is 12.7. The highest BCUT2D eigenvalue weighted by atomic mass is 32.2. The van der Waals surface area contributed by atoms with Crippen LogP contribution in [-0.2, 0) is 15.8 Å². The first-order valence-electron chi connectivity index (χ1n) is 8.07. The smallest absolute Gasteiger partial charge is 0.218 e. The Morgan fingerprint density at radius 3 is 2.67 bits per heavy atom. The number of benzene rings is 1. The molecule has 1 aromatic heterocycles. The number of rotatable bonds is 5. The summed E-state index contributed by atoms with van der Waals surface area (Å²) >= 11 is 1.45. The van der Waals surface area contributed by atoms with Gasteiger partial charge in [0.15, 0.2) is 5.78 Å². The number of Topliss-reactive ketones (excluding diaryl/α,β-unsaturated/α-hetero) is 1. The predicted octanol–water partition coefficient (Wildman–Crippen LogP) is 3.48. The molecule has 0 aliphatic carbocycles. The highest BCUT2D eigenvalue weighted by Crippen LogP contribution is 2.27. The Morgan fingerprint density at radius 1 is 1.25 bits per heavy atom. The highest BCUT2D eigenvalue weighted by Gasteiger charge is 2.33. The molecule has 3 rings (SSSR count). The number of thiophene rings is 1. The van der Waals surface area contributed by atoms with Gasteiger partial charge in [0, 0.05) is 19.0 Å². The van der Waals surface area contributed by atoms with Gasteiger partial charge in [-0.05, 0) is 42.3 Å². The van der Waals surface area contributed by atoms with E-state index in [0.717, 1.165) is 28.8 Å². The van der Waals surface area contributed by atoms with Gasteiger partial charge in [0.05, 0.1) is 10.6 Å². The summed E-state index contributed by atoms with van der Waals surface area (Å²) in [5.74, 6) is -0.156. The quantitative estimate of drug-likeness (QED) is 0.764. The molecule has 1 aliphatic rings. The summed E-state index contributed by atoms with van der Waals surface area (Å²) < 4.78 is 26.9. The molecule has 0 radical (unpaired) electrons. The Morgan fingerprint density at radius 2 is 2.00 bits per heavy atom. The molecular formula is C18H21NO3S2. The van der Waals surface area contributed by atoms with Crippen molar-refractivity contribution in [1.82, 2.24) is 4.31 Å². The van der Waals surface area contributed by atoms with Crippen LogP contribution in [0, 0.1) is 12.8 Å². The highest BCUT2D eigenvalue weighted by molar-refractivity contribution is 7.88. The SMILES string of the molecule is Cc1ccsc1C(=O)C1CCCN(S(=O)(=O)Cc2ccccc2)C1. The zero-order valence-electron chi connectivity index (χ0n) is 13.6. The van der Waals surface area contributed by atoms with E-state index < -0.39 is 10.0 Å². The molecule has 0 spiro atoms. The molecule has 1 unspecified atom stereocenters. The van der Waals surface area contributed by atoms with Gasteiger partial charge in [0.1, 0.15) is 0 Å². The molecule has 4 nitrogen and oxygen atoms in total. The maximum Gasteiger partial charge on any atom is 0.218 e. The van der Waals surface area contributed by atoms with E-state index in [0.29, 0.717) is 13.1 Å².